The predicted molar refractivity (Wildman–Crippen MR) is 57.9 cm³/mol. The number of unbranched alkanes of at least 4 members (excludes halogenated alkanes) is 4. The third-order valence-electron chi connectivity index (χ3n) is 2.37. The van der Waals surface area contributed by atoms with E-state index in [-0.39, 0.29) is 0 Å². The van der Waals surface area contributed by atoms with Crippen molar-refractivity contribution in [3.8, 4) is 0 Å². The average molecular weight is 184 g/mol. The van der Waals surface area contributed by atoms with Crippen molar-refractivity contribution in [1.82, 2.24) is 0 Å². The lowest BCUT2D eigenvalue weighted by Crippen LogP contribution is -1.81. The second-order valence-corrected chi connectivity index (χ2v) is 3.81. The van der Waals surface area contributed by atoms with Crippen molar-refractivity contribution in [3.63, 3.8) is 0 Å². The average Bonchev–Trinajstić information content (AvgIpc) is 2.58. The highest BCUT2D eigenvalue weighted by Gasteiger charge is 2.07. The van der Waals surface area contributed by atoms with E-state index < -0.39 is 0 Å². The Balaban J connectivity index is 0.000000223. The number of hydrogen-bond acceptors (Lipinski definition) is 1. The van der Waals surface area contributed by atoms with Gasteiger partial charge in [0.15, 0.2) is 0 Å². The fraction of sp³-hybridized carbons (Fsp3) is 0.917. The summed E-state index contributed by atoms with van der Waals surface area (Å²) < 4.78 is 0. The molecule has 0 N–H and O–H groups in total. The van der Waals surface area contributed by atoms with Gasteiger partial charge in [0.25, 0.3) is 0 Å². The van der Waals surface area contributed by atoms with Crippen molar-refractivity contribution >= 4 is 5.78 Å². The zero-order valence-electron chi connectivity index (χ0n) is 9.27. The molecular formula is C12H24O. The molecule has 0 aromatic carbocycles. The van der Waals surface area contributed by atoms with Crippen molar-refractivity contribution in [2.75, 3.05) is 0 Å². The number of carbonyl (C=O) groups is 1. The van der Waals surface area contributed by atoms with Crippen LogP contribution in [0.3, 0.4) is 0 Å². The Morgan fingerprint density at radius 2 is 1.38 bits per heavy atom. The summed E-state index contributed by atoms with van der Waals surface area (Å²) in [7, 11) is 0. The minimum absolute atomic E-state index is 0.454. The largest absolute Gasteiger partial charge is 0.300 e. The van der Waals surface area contributed by atoms with E-state index >= 15 is 0 Å². The van der Waals surface area contributed by atoms with Gasteiger partial charge in [-0.15, -0.1) is 0 Å². The van der Waals surface area contributed by atoms with Crippen LogP contribution in [0.15, 0.2) is 0 Å². The van der Waals surface area contributed by atoms with Gasteiger partial charge in [-0.2, -0.15) is 0 Å². The second kappa shape index (κ2) is 9.76. The van der Waals surface area contributed by atoms with Gasteiger partial charge in [0.2, 0.25) is 0 Å². The van der Waals surface area contributed by atoms with Gasteiger partial charge in [0.1, 0.15) is 5.78 Å². The fourth-order valence-electron chi connectivity index (χ4n) is 1.45. The first kappa shape index (κ1) is 12.7. The van der Waals surface area contributed by atoms with Crippen LogP contribution in [-0.4, -0.2) is 5.78 Å². The van der Waals surface area contributed by atoms with Crippen LogP contribution in [0.5, 0.6) is 0 Å². The van der Waals surface area contributed by atoms with Gasteiger partial charge < -0.3 is 0 Å². The summed E-state index contributed by atoms with van der Waals surface area (Å²) in [5, 5.41) is 0. The third-order valence-corrected chi connectivity index (χ3v) is 2.37. The van der Waals surface area contributed by atoms with Crippen LogP contribution >= 0.6 is 0 Å². The summed E-state index contributed by atoms with van der Waals surface area (Å²) in [6.45, 7) is 4.49. The molecule has 1 nitrogen and oxygen atoms in total. The Kier molecular flexibility index (Phi) is 9.51. The molecule has 0 unspecified atom stereocenters. The standard InChI is InChI=1S/C7H16.C5H8O/c1-3-5-7-6-4-2;6-5-3-1-2-4-5/h3-7H2,1-2H3;1-4H2. The van der Waals surface area contributed by atoms with Crippen molar-refractivity contribution in [1.29, 1.82) is 0 Å². The summed E-state index contributed by atoms with van der Waals surface area (Å²) >= 11 is 0. The van der Waals surface area contributed by atoms with Gasteiger partial charge in [-0.05, 0) is 12.8 Å². The minimum Gasteiger partial charge on any atom is -0.300 e. The van der Waals surface area contributed by atoms with Gasteiger partial charge >= 0.3 is 0 Å². The molecule has 1 aliphatic rings. The molecule has 1 aliphatic carbocycles. The topological polar surface area (TPSA) is 17.1 Å². The van der Waals surface area contributed by atoms with E-state index in [4.69, 9.17) is 0 Å². The summed E-state index contributed by atoms with van der Waals surface area (Å²) in [5.41, 5.74) is 0. The number of carbonyl (C=O) groups excluding carboxylic acids is 1. The van der Waals surface area contributed by atoms with Crippen LogP contribution in [0.25, 0.3) is 0 Å². The molecule has 0 amide bonds. The molecule has 0 aromatic heterocycles. The first-order valence-corrected chi connectivity index (χ1v) is 5.83. The maximum absolute atomic E-state index is 10.2. The van der Waals surface area contributed by atoms with Crippen LogP contribution in [0.4, 0.5) is 0 Å². The molecule has 0 aromatic rings. The summed E-state index contributed by atoms with van der Waals surface area (Å²) in [6.07, 6.45) is 11.0. The van der Waals surface area contributed by atoms with Crippen LogP contribution in [0.2, 0.25) is 0 Å². The number of ketones is 1. The molecule has 1 fully saturated rings. The van der Waals surface area contributed by atoms with E-state index in [1.807, 2.05) is 0 Å². The van der Waals surface area contributed by atoms with E-state index in [1.165, 1.54) is 32.1 Å². The first-order valence-electron chi connectivity index (χ1n) is 5.83. The van der Waals surface area contributed by atoms with Crippen LogP contribution in [0, 0.1) is 0 Å². The number of hydrogen-bond donors (Lipinski definition) is 0. The highest BCUT2D eigenvalue weighted by molar-refractivity contribution is 5.79. The van der Waals surface area contributed by atoms with Crippen molar-refractivity contribution in [3.05, 3.63) is 0 Å². The molecule has 13 heavy (non-hydrogen) atoms. The Morgan fingerprint density at radius 3 is 1.62 bits per heavy atom. The zero-order valence-corrected chi connectivity index (χ0v) is 9.27. The molecule has 0 aliphatic heterocycles. The molecule has 0 bridgehead atoms. The van der Waals surface area contributed by atoms with Crippen molar-refractivity contribution < 1.29 is 4.79 Å². The van der Waals surface area contributed by atoms with E-state index in [1.54, 1.807) is 0 Å². The van der Waals surface area contributed by atoms with Gasteiger partial charge in [0, 0.05) is 12.8 Å². The Bertz CT molecular complexity index is 106. The third kappa shape index (κ3) is 9.59. The Labute approximate surface area is 82.9 Å². The maximum Gasteiger partial charge on any atom is 0.132 e. The van der Waals surface area contributed by atoms with Crippen LogP contribution in [-0.2, 0) is 4.79 Å². The minimum atomic E-state index is 0.454. The van der Waals surface area contributed by atoms with Crippen molar-refractivity contribution in [2.24, 2.45) is 0 Å². The molecule has 0 saturated heterocycles. The highest BCUT2D eigenvalue weighted by Crippen LogP contribution is 2.11. The van der Waals surface area contributed by atoms with Crippen LogP contribution < -0.4 is 0 Å². The Morgan fingerprint density at radius 1 is 0.923 bits per heavy atom. The molecule has 0 heterocycles. The number of Topliss-reactive ketones (excluding diaryl/α,β-unsaturated/α-hetero) is 1. The lowest BCUT2D eigenvalue weighted by Gasteiger charge is -1.90. The molecule has 1 heteroatoms. The van der Waals surface area contributed by atoms with Crippen LogP contribution in [0.1, 0.15) is 71.6 Å². The van der Waals surface area contributed by atoms with Gasteiger partial charge in [-0.25, -0.2) is 0 Å². The number of rotatable bonds is 4. The lowest BCUT2D eigenvalue weighted by molar-refractivity contribution is -0.117. The molecule has 0 atom stereocenters. The summed E-state index contributed by atoms with van der Waals surface area (Å²) in [5.74, 6) is 0.454. The maximum atomic E-state index is 10.2. The normalized spacial score (nSPS) is 15.4. The molecule has 1 rings (SSSR count). The molecule has 1 saturated carbocycles. The fourth-order valence-corrected chi connectivity index (χ4v) is 1.45. The quantitative estimate of drug-likeness (QED) is 0.601. The molecule has 0 spiro atoms. The first-order chi connectivity index (χ1) is 6.31. The summed E-state index contributed by atoms with van der Waals surface area (Å²) in [4.78, 5) is 10.2. The monoisotopic (exact) mass is 184 g/mol. The van der Waals surface area contributed by atoms with E-state index in [0.717, 1.165) is 25.7 Å². The molecular weight excluding hydrogens is 160 g/mol. The van der Waals surface area contributed by atoms with Gasteiger partial charge in [-0.1, -0.05) is 46.0 Å². The highest BCUT2D eigenvalue weighted by atomic mass is 16.1. The van der Waals surface area contributed by atoms with Gasteiger partial charge in [0.05, 0.1) is 0 Å². The van der Waals surface area contributed by atoms with E-state index in [0.29, 0.717) is 5.78 Å². The SMILES string of the molecule is CCCCCCC.O=C1CCCC1. The summed E-state index contributed by atoms with van der Waals surface area (Å²) in [6, 6.07) is 0. The smallest absolute Gasteiger partial charge is 0.132 e. The van der Waals surface area contributed by atoms with Gasteiger partial charge in [-0.3, -0.25) is 4.79 Å². The lowest BCUT2D eigenvalue weighted by atomic mass is 10.2. The predicted octanol–water partition coefficient (Wildman–Crippen LogP) is 4.11. The molecule has 78 valence electrons. The Hall–Kier alpha value is -0.330. The molecule has 0 radical (unpaired) electrons. The van der Waals surface area contributed by atoms with Crippen molar-refractivity contribution in [2.45, 2.75) is 71.6 Å². The zero-order chi connectivity index (χ0) is 9.94. The van der Waals surface area contributed by atoms with E-state index in [2.05, 4.69) is 13.8 Å². The second-order valence-electron chi connectivity index (χ2n) is 3.81. The van der Waals surface area contributed by atoms with E-state index in [9.17, 15) is 4.79 Å².